The molecule has 0 radical (unpaired) electrons. The number of alkyl halides is 3. The van der Waals surface area contributed by atoms with E-state index in [4.69, 9.17) is 4.74 Å². The van der Waals surface area contributed by atoms with Gasteiger partial charge in [0.1, 0.15) is 12.4 Å². The highest BCUT2D eigenvalue weighted by molar-refractivity contribution is 5.74. The molecule has 0 fully saturated rings. The van der Waals surface area contributed by atoms with Crippen LogP contribution in [-0.2, 0) is 17.9 Å². The fourth-order valence-corrected chi connectivity index (χ4v) is 3.00. The van der Waals surface area contributed by atoms with Crippen LogP contribution in [0.25, 0.3) is 0 Å². The van der Waals surface area contributed by atoms with Gasteiger partial charge in [0.25, 0.3) is 0 Å². The standard InChI is InChI=1S/C20H21F3N2O3/c21-20(22,23)13-27-12-15-5-3-4-14(10-15)11-24-19(26)25-17-8-9-28-18-7-2-1-6-16(17)18/h1-7,10,17H,8-9,11-13H2,(H2,24,25,26). The lowest BCUT2D eigenvalue weighted by molar-refractivity contribution is -0.176. The fraction of sp³-hybridized carbons (Fsp3) is 0.350. The summed E-state index contributed by atoms with van der Waals surface area (Å²) in [6.45, 7) is -0.644. The Balaban J connectivity index is 1.49. The molecule has 2 aromatic carbocycles. The topological polar surface area (TPSA) is 59.6 Å². The van der Waals surface area contributed by atoms with E-state index in [1.807, 2.05) is 24.3 Å². The van der Waals surface area contributed by atoms with Crippen molar-refractivity contribution >= 4 is 6.03 Å². The molecule has 8 heteroatoms. The summed E-state index contributed by atoms with van der Waals surface area (Å²) in [5.74, 6) is 0.769. The zero-order valence-corrected chi connectivity index (χ0v) is 15.1. The number of amides is 2. The minimum Gasteiger partial charge on any atom is -0.493 e. The third kappa shape index (κ3) is 5.88. The second-order valence-corrected chi connectivity index (χ2v) is 6.48. The average Bonchev–Trinajstić information content (AvgIpc) is 2.66. The van der Waals surface area contributed by atoms with Gasteiger partial charge in [-0.3, -0.25) is 0 Å². The number of hydrogen-bond donors (Lipinski definition) is 2. The minimum absolute atomic E-state index is 0.132. The lowest BCUT2D eigenvalue weighted by atomic mass is 10.0. The summed E-state index contributed by atoms with van der Waals surface area (Å²) >= 11 is 0. The number of benzene rings is 2. The van der Waals surface area contributed by atoms with Gasteiger partial charge >= 0.3 is 12.2 Å². The van der Waals surface area contributed by atoms with Crippen molar-refractivity contribution in [2.24, 2.45) is 0 Å². The number of ether oxygens (including phenoxy) is 2. The predicted molar refractivity (Wildman–Crippen MR) is 96.8 cm³/mol. The van der Waals surface area contributed by atoms with Crippen LogP contribution < -0.4 is 15.4 Å². The molecule has 0 spiro atoms. The summed E-state index contributed by atoms with van der Waals surface area (Å²) in [6.07, 6.45) is -3.67. The Kier molecular flexibility index (Phi) is 6.41. The second kappa shape index (κ2) is 8.97. The number of para-hydroxylation sites is 1. The van der Waals surface area contributed by atoms with E-state index in [0.29, 0.717) is 18.6 Å². The van der Waals surface area contributed by atoms with Gasteiger partial charge in [-0.1, -0.05) is 42.5 Å². The predicted octanol–water partition coefficient (Wildman–Crippen LogP) is 4.09. The molecule has 1 unspecified atom stereocenters. The smallest absolute Gasteiger partial charge is 0.411 e. The number of rotatable bonds is 6. The summed E-state index contributed by atoms with van der Waals surface area (Å²) in [7, 11) is 0. The summed E-state index contributed by atoms with van der Waals surface area (Å²) < 4.78 is 46.7. The lowest BCUT2D eigenvalue weighted by Crippen LogP contribution is -2.39. The van der Waals surface area contributed by atoms with Crippen molar-refractivity contribution in [3.8, 4) is 5.75 Å². The highest BCUT2D eigenvalue weighted by Gasteiger charge is 2.27. The van der Waals surface area contributed by atoms with Gasteiger partial charge in [-0.15, -0.1) is 0 Å². The first-order valence-electron chi connectivity index (χ1n) is 8.89. The quantitative estimate of drug-likeness (QED) is 0.776. The Morgan fingerprint density at radius 1 is 1.14 bits per heavy atom. The second-order valence-electron chi connectivity index (χ2n) is 6.48. The number of nitrogens with one attached hydrogen (secondary N) is 2. The van der Waals surface area contributed by atoms with Gasteiger partial charge in [0.2, 0.25) is 0 Å². The number of carbonyl (C=O) groups excluding carboxylic acids is 1. The first-order chi connectivity index (χ1) is 13.4. The molecule has 0 saturated carbocycles. The summed E-state index contributed by atoms with van der Waals surface area (Å²) in [4.78, 5) is 12.2. The summed E-state index contributed by atoms with van der Waals surface area (Å²) in [5, 5.41) is 5.70. The summed E-state index contributed by atoms with van der Waals surface area (Å²) in [5.41, 5.74) is 2.32. The largest absolute Gasteiger partial charge is 0.493 e. The van der Waals surface area contributed by atoms with E-state index in [1.165, 1.54) is 0 Å². The maximum atomic E-state index is 12.2. The number of fused-ring (bicyclic) bond motifs is 1. The van der Waals surface area contributed by atoms with Crippen molar-refractivity contribution in [3.05, 3.63) is 65.2 Å². The van der Waals surface area contributed by atoms with Crippen molar-refractivity contribution in [3.63, 3.8) is 0 Å². The molecule has 1 heterocycles. The molecule has 0 bridgehead atoms. The van der Waals surface area contributed by atoms with Crippen molar-refractivity contribution in [1.29, 1.82) is 0 Å². The molecule has 28 heavy (non-hydrogen) atoms. The Hall–Kier alpha value is -2.74. The zero-order valence-electron chi connectivity index (χ0n) is 15.1. The van der Waals surface area contributed by atoms with Crippen LogP contribution in [0.3, 0.4) is 0 Å². The van der Waals surface area contributed by atoms with Crippen molar-refractivity contribution < 1.29 is 27.4 Å². The molecular formula is C20H21F3N2O3. The van der Waals surface area contributed by atoms with E-state index in [9.17, 15) is 18.0 Å². The third-order valence-corrected chi connectivity index (χ3v) is 4.24. The van der Waals surface area contributed by atoms with Crippen LogP contribution in [0.1, 0.15) is 29.2 Å². The zero-order chi connectivity index (χ0) is 20.0. The molecule has 2 N–H and O–H groups in total. The highest BCUT2D eigenvalue weighted by Crippen LogP contribution is 2.31. The Bertz CT molecular complexity index is 811. The number of hydrogen-bond acceptors (Lipinski definition) is 3. The molecule has 1 atom stereocenters. The molecule has 0 aromatic heterocycles. The van der Waals surface area contributed by atoms with E-state index in [-0.39, 0.29) is 25.2 Å². The first kappa shape index (κ1) is 20.0. The van der Waals surface area contributed by atoms with E-state index >= 15 is 0 Å². The highest BCUT2D eigenvalue weighted by atomic mass is 19.4. The van der Waals surface area contributed by atoms with Crippen LogP contribution >= 0.6 is 0 Å². The van der Waals surface area contributed by atoms with E-state index in [1.54, 1.807) is 24.3 Å². The average molecular weight is 394 g/mol. The molecule has 5 nitrogen and oxygen atoms in total. The van der Waals surface area contributed by atoms with Crippen LogP contribution in [0.2, 0.25) is 0 Å². The SMILES string of the molecule is O=C(NCc1cccc(COCC(F)(F)F)c1)NC1CCOc2ccccc21. The molecule has 1 aliphatic rings. The molecule has 0 saturated heterocycles. The van der Waals surface area contributed by atoms with Crippen LogP contribution in [0.5, 0.6) is 5.75 Å². The van der Waals surface area contributed by atoms with Gasteiger partial charge in [0, 0.05) is 18.5 Å². The van der Waals surface area contributed by atoms with Crippen molar-refractivity contribution in [2.45, 2.75) is 31.8 Å². The van der Waals surface area contributed by atoms with Gasteiger partial charge in [0.05, 0.1) is 19.3 Å². The maximum Gasteiger partial charge on any atom is 0.411 e. The molecule has 150 valence electrons. The van der Waals surface area contributed by atoms with Crippen LogP contribution in [-0.4, -0.2) is 25.4 Å². The number of carbonyl (C=O) groups is 1. The summed E-state index contributed by atoms with van der Waals surface area (Å²) in [6, 6.07) is 14.0. The van der Waals surface area contributed by atoms with Gasteiger partial charge in [-0.05, 0) is 17.2 Å². The Morgan fingerprint density at radius 2 is 1.93 bits per heavy atom. The minimum atomic E-state index is -4.35. The molecule has 2 aromatic rings. The Morgan fingerprint density at radius 3 is 2.75 bits per heavy atom. The fourth-order valence-electron chi connectivity index (χ4n) is 3.00. The number of halogens is 3. The van der Waals surface area contributed by atoms with E-state index in [2.05, 4.69) is 15.4 Å². The third-order valence-electron chi connectivity index (χ3n) is 4.24. The maximum absolute atomic E-state index is 12.2. The van der Waals surface area contributed by atoms with E-state index in [0.717, 1.165) is 16.9 Å². The molecular weight excluding hydrogens is 373 g/mol. The van der Waals surface area contributed by atoms with Gasteiger partial charge < -0.3 is 20.1 Å². The normalized spacial score (nSPS) is 16.0. The molecule has 2 amide bonds. The first-order valence-corrected chi connectivity index (χ1v) is 8.89. The molecule has 1 aliphatic heterocycles. The van der Waals surface area contributed by atoms with E-state index < -0.39 is 12.8 Å². The Labute approximate surface area is 160 Å². The number of urea groups is 1. The van der Waals surface area contributed by atoms with Gasteiger partial charge in [-0.25, -0.2) is 4.79 Å². The van der Waals surface area contributed by atoms with Crippen LogP contribution in [0.4, 0.5) is 18.0 Å². The molecule has 3 rings (SSSR count). The van der Waals surface area contributed by atoms with Gasteiger partial charge in [0.15, 0.2) is 0 Å². The lowest BCUT2D eigenvalue weighted by Gasteiger charge is -2.26. The monoisotopic (exact) mass is 394 g/mol. The van der Waals surface area contributed by atoms with Crippen LogP contribution in [0.15, 0.2) is 48.5 Å². The van der Waals surface area contributed by atoms with Crippen LogP contribution in [0, 0.1) is 0 Å². The van der Waals surface area contributed by atoms with Crippen molar-refractivity contribution in [1.82, 2.24) is 10.6 Å². The van der Waals surface area contributed by atoms with Gasteiger partial charge in [-0.2, -0.15) is 13.2 Å². The van der Waals surface area contributed by atoms with Crippen molar-refractivity contribution in [2.75, 3.05) is 13.2 Å². The molecule has 0 aliphatic carbocycles.